The molecule has 11 heteroatoms. The topological polar surface area (TPSA) is 117 Å². The Kier molecular flexibility index (Phi) is 3.78. The molecule has 0 amide bonds. The number of carboxylic acid groups (broad SMARTS) is 1. The number of carboxylic acids is 1. The van der Waals surface area contributed by atoms with E-state index in [1.165, 1.54) is 22.2 Å². The van der Waals surface area contributed by atoms with Crippen LogP contribution in [0.4, 0.5) is 5.13 Å². The van der Waals surface area contributed by atoms with Gasteiger partial charge in [0.1, 0.15) is 6.33 Å². The lowest BCUT2D eigenvalue weighted by molar-refractivity contribution is 0.0693. The van der Waals surface area contributed by atoms with E-state index in [1.807, 2.05) is 4.90 Å². The van der Waals surface area contributed by atoms with Gasteiger partial charge in [0.15, 0.2) is 10.5 Å². The molecule has 1 saturated heterocycles. The van der Waals surface area contributed by atoms with E-state index in [0.29, 0.717) is 16.5 Å². The van der Waals surface area contributed by atoms with Crippen LogP contribution < -0.4 is 9.62 Å². The molecule has 2 N–H and O–H groups in total. The zero-order valence-corrected chi connectivity index (χ0v) is 13.4. The van der Waals surface area contributed by atoms with Gasteiger partial charge in [-0.1, -0.05) is 11.3 Å². The quantitative estimate of drug-likeness (QED) is 0.801. The third-order valence-corrected chi connectivity index (χ3v) is 5.22. The summed E-state index contributed by atoms with van der Waals surface area (Å²) in [6.45, 7) is 1.27. The second-order valence-corrected chi connectivity index (χ2v) is 7.94. The first kappa shape index (κ1) is 15.2. The molecule has 0 aliphatic carbocycles. The fourth-order valence-electron chi connectivity index (χ4n) is 2.52. The monoisotopic (exact) mass is 345 g/mol. The molecule has 1 aliphatic rings. The molecule has 2 aromatic heterocycles. The van der Waals surface area contributed by atoms with E-state index >= 15 is 0 Å². The van der Waals surface area contributed by atoms with Crippen LogP contribution in [0.15, 0.2) is 6.33 Å². The van der Waals surface area contributed by atoms with Crippen molar-refractivity contribution in [1.29, 1.82) is 0 Å². The first-order valence-corrected chi connectivity index (χ1v) is 9.34. The molecule has 0 unspecified atom stereocenters. The van der Waals surface area contributed by atoms with E-state index in [1.54, 1.807) is 0 Å². The lowest BCUT2D eigenvalue weighted by Gasteiger charge is -2.32. The zero-order chi connectivity index (χ0) is 15.9. The number of sulfonamides is 1. The minimum absolute atomic E-state index is 0.0217. The standard InChI is InChI=1S/C11H15N5O4S2/c1-22(19,20)14-7-3-2-4-15(5-7)11-13-16-6-12-8(10(17)18)9(16)21-11/h6-7,14H,2-5H2,1H3,(H,17,18)/t7-/m1/s1. The second kappa shape index (κ2) is 5.48. The highest BCUT2D eigenvalue weighted by atomic mass is 32.2. The summed E-state index contributed by atoms with van der Waals surface area (Å²) < 4.78 is 26.7. The third-order valence-electron chi connectivity index (χ3n) is 3.36. The number of nitrogens with one attached hydrogen (secondary N) is 1. The Hall–Kier alpha value is -1.72. The van der Waals surface area contributed by atoms with Gasteiger partial charge in [-0.3, -0.25) is 0 Å². The summed E-state index contributed by atoms with van der Waals surface area (Å²) in [5.74, 6) is -1.09. The molecule has 1 atom stereocenters. The number of imidazole rings is 1. The van der Waals surface area contributed by atoms with E-state index in [-0.39, 0.29) is 11.7 Å². The summed E-state index contributed by atoms with van der Waals surface area (Å²) in [6.07, 6.45) is 4.13. The fourth-order valence-corrected chi connectivity index (χ4v) is 4.33. The number of piperidine rings is 1. The molecule has 3 heterocycles. The van der Waals surface area contributed by atoms with Gasteiger partial charge >= 0.3 is 5.97 Å². The first-order valence-electron chi connectivity index (χ1n) is 6.63. The van der Waals surface area contributed by atoms with Crippen molar-refractivity contribution in [2.24, 2.45) is 0 Å². The van der Waals surface area contributed by atoms with Crippen molar-refractivity contribution in [1.82, 2.24) is 19.3 Å². The smallest absolute Gasteiger partial charge is 0.357 e. The Morgan fingerprint density at radius 3 is 3.00 bits per heavy atom. The molecule has 3 rings (SSSR count). The normalized spacial score (nSPS) is 19.7. The molecule has 0 aromatic carbocycles. The van der Waals surface area contributed by atoms with Crippen molar-refractivity contribution in [3.63, 3.8) is 0 Å². The van der Waals surface area contributed by atoms with Gasteiger partial charge in [0.2, 0.25) is 15.2 Å². The third kappa shape index (κ3) is 3.05. The molecule has 120 valence electrons. The SMILES string of the molecule is CS(=O)(=O)N[C@@H]1CCCN(c2nn3cnc(C(=O)O)c3s2)C1. The van der Waals surface area contributed by atoms with Crippen LogP contribution in [0.1, 0.15) is 23.3 Å². The lowest BCUT2D eigenvalue weighted by Crippen LogP contribution is -2.47. The van der Waals surface area contributed by atoms with Gasteiger partial charge in [0, 0.05) is 19.1 Å². The van der Waals surface area contributed by atoms with Crippen LogP contribution in [-0.2, 0) is 10.0 Å². The van der Waals surface area contributed by atoms with Crippen molar-refractivity contribution in [2.75, 3.05) is 24.2 Å². The van der Waals surface area contributed by atoms with Crippen LogP contribution in [0.5, 0.6) is 0 Å². The van der Waals surface area contributed by atoms with Gasteiger partial charge in [0.25, 0.3) is 0 Å². The first-order chi connectivity index (χ1) is 10.3. The summed E-state index contributed by atoms with van der Waals surface area (Å²) in [4.78, 5) is 17.3. The number of fused-ring (bicyclic) bond motifs is 1. The van der Waals surface area contributed by atoms with Gasteiger partial charge in [-0.05, 0) is 12.8 Å². The van der Waals surface area contributed by atoms with E-state index < -0.39 is 16.0 Å². The number of hydrogen-bond donors (Lipinski definition) is 2. The van der Waals surface area contributed by atoms with Crippen LogP contribution in [0.2, 0.25) is 0 Å². The Morgan fingerprint density at radius 1 is 1.55 bits per heavy atom. The minimum Gasteiger partial charge on any atom is -0.476 e. The number of aromatic nitrogens is 3. The number of aromatic carboxylic acids is 1. The highest BCUT2D eigenvalue weighted by Gasteiger charge is 2.25. The molecule has 0 radical (unpaired) electrons. The summed E-state index contributed by atoms with van der Waals surface area (Å²) in [7, 11) is -3.25. The molecule has 1 aliphatic heterocycles. The largest absolute Gasteiger partial charge is 0.476 e. The van der Waals surface area contributed by atoms with Gasteiger partial charge in [-0.2, -0.15) is 0 Å². The van der Waals surface area contributed by atoms with Gasteiger partial charge < -0.3 is 10.0 Å². The Balaban J connectivity index is 1.83. The van der Waals surface area contributed by atoms with Crippen LogP contribution in [-0.4, -0.2) is 59.5 Å². The van der Waals surface area contributed by atoms with Crippen molar-refractivity contribution < 1.29 is 18.3 Å². The molecule has 0 spiro atoms. The maximum atomic E-state index is 11.3. The van der Waals surface area contributed by atoms with Crippen molar-refractivity contribution in [3.8, 4) is 0 Å². The fraction of sp³-hybridized carbons (Fsp3) is 0.545. The van der Waals surface area contributed by atoms with E-state index in [0.717, 1.165) is 25.6 Å². The summed E-state index contributed by atoms with van der Waals surface area (Å²) >= 11 is 1.24. The molecule has 1 fully saturated rings. The predicted octanol–water partition coefficient (Wildman–Crippen LogP) is 0.00700. The lowest BCUT2D eigenvalue weighted by atomic mass is 10.1. The van der Waals surface area contributed by atoms with Crippen molar-refractivity contribution in [3.05, 3.63) is 12.0 Å². The summed E-state index contributed by atoms with van der Waals surface area (Å²) in [6, 6.07) is -0.163. The molecular weight excluding hydrogens is 330 g/mol. The van der Waals surface area contributed by atoms with Crippen molar-refractivity contribution in [2.45, 2.75) is 18.9 Å². The maximum Gasteiger partial charge on any atom is 0.357 e. The molecule has 2 aromatic rings. The zero-order valence-electron chi connectivity index (χ0n) is 11.8. The number of nitrogens with zero attached hydrogens (tertiary/aromatic N) is 4. The average Bonchev–Trinajstić information content (AvgIpc) is 2.95. The van der Waals surface area contributed by atoms with Gasteiger partial charge in [-0.15, -0.1) is 5.10 Å². The van der Waals surface area contributed by atoms with Crippen LogP contribution in [0.3, 0.4) is 0 Å². The minimum atomic E-state index is -3.25. The van der Waals surface area contributed by atoms with E-state index in [4.69, 9.17) is 5.11 Å². The van der Waals surface area contributed by atoms with E-state index in [9.17, 15) is 13.2 Å². The molecule has 9 nitrogen and oxygen atoms in total. The van der Waals surface area contributed by atoms with E-state index in [2.05, 4.69) is 14.8 Å². The molecular formula is C11H15N5O4S2. The highest BCUT2D eigenvalue weighted by Crippen LogP contribution is 2.28. The van der Waals surface area contributed by atoms with Crippen molar-refractivity contribution >= 4 is 37.3 Å². The number of anilines is 1. The predicted molar refractivity (Wildman–Crippen MR) is 81.0 cm³/mol. The number of carbonyl (C=O) groups is 1. The molecule has 0 bridgehead atoms. The Labute approximate surface area is 130 Å². The van der Waals surface area contributed by atoms with Crippen LogP contribution >= 0.6 is 11.3 Å². The van der Waals surface area contributed by atoms with Crippen LogP contribution in [0.25, 0.3) is 4.83 Å². The second-order valence-electron chi connectivity index (χ2n) is 5.21. The number of rotatable bonds is 4. The Morgan fingerprint density at radius 2 is 2.32 bits per heavy atom. The summed E-state index contributed by atoms with van der Waals surface area (Å²) in [5.41, 5.74) is -0.0217. The highest BCUT2D eigenvalue weighted by molar-refractivity contribution is 7.88. The maximum absolute atomic E-state index is 11.3. The Bertz CT molecular complexity index is 812. The summed E-state index contributed by atoms with van der Waals surface area (Å²) in [5, 5.41) is 14.1. The molecule has 0 saturated carbocycles. The van der Waals surface area contributed by atoms with Crippen LogP contribution in [0, 0.1) is 0 Å². The van der Waals surface area contributed by atoms with Gasteiger partial charge in [-0.25, -0.2) is 27.4 Å². The molecule has 22 heavy (non-hydrogen) atoms. The van der Waals surface area contributed by atoms with Gasteiger partial charge in [0.05, 0.1) is 6.26 Å². The number of hydrogen-bond acceptors (Lipinski definition) is 7. The average molecular weight is 345 g/mol.